The largest absolute Gasteiger partial charge is 0.491 e. The maximum atomic E-state index is 9.92. The number of ether oxygens (including phenoxy) is 2. The number of hydrogen-bond acceptors (Lipinski definition) is 4. The van der Waals surface area contributed by atoms with Crippen molar-refractivity contribution in [2.45, 2.75) is 44.8 Å². The minimum Gasteiger partial charge on any atom is -0.491 e. The lowest BCUT2D eigenvalue weighted by molar-refractivity contribution is 0.0109. The second-order valence-corrected chi connectivity index (χ2v) is 5.71. The van der Waals surface area contributed by atoms with Gasteiger partial charge in [-0.05, 0) is 50.8 Å². The molecule has 2 rings (SSSR count). The third-order valence-corrected chi connectivity index (χ3v) is 3.82. The molecule has 2 unspecified atom stereocenters. The number of nitrogens with one attached hydrogen (secondary N) is 1. The lowest BCUT2D eigenvalue weighted by Gasteiger charge is -2.22. The zero-order chi connectivity index (χ0) is 14.9. The predicted octanol–water partition coefficient (Wildman–Crippen LogP) is 2.28. The molecule has 0 amide bonds. The lowest BCUT2D eigenvalue weighted by Crippen LogP contribution is -2.33. The summed E-state index contributed by atoms with van der Waals surface area (Å²) >= 11 is 0. The van der Waals surface area contributed by atoms with E-state index in [0.717, 1.165) is 30.9 Å². The van der Waals surface area contributed by atoms with Crippen LogP contribution < -0.4 is 10.1 Å². The van der Waals surface area contributed by atoms with Gasteiger partial charge in [0.05, 0.1) is 6.10 Å². The van der Waals surface area contributed by atoms with Gasteiger partial charge < -0.3 is 19.9 Å². The molecule has 21 heavy (non-hydrogen) atoms. The van der Waals surface area contributed by atoms with E-state index in [1.807, 2.05) is 31.2 Å². The molecule has 4 heteroatoms. The number of aryl methyl sites for hydroxylation is 1. The highest BCUT2D eigenvalue weighted by molar-refractivity contribution is 5.31. The Hall–Kier alpha value is -1.10. The van der Waals surface area contributed by atoms with Gasteiger partial charge in [0.2, 0.25) is 0 Å². The molecule has 0 bridgehead atoms. The second-order valence-electron chi connectivity index (χ2n) is 5.71. The minimum atomic E-state index is -0.489. The summed E-state index contributed by atoms with van der Waals surface area (Å²) in [5, 5.41) is 13.2. The van der Waals surface area contributed by atoms with Crippen molar-refractivity contribution in [2.75, 3.05) is 26.3 Å². The molecule has 2 N–H and O–H groups in total. The molecule has 1 heterocycles. The highest BCUT2D eigenvalue weighted by atomic mass is 16.5. The minimum absolute atomic E-state index is 0.317. The van der Waals surface area contributed by atoms with Gasteiger partial charge in [0.1, 0.15) is 18.5 Å². The average Bonchev–Trinajstić information content (AvgIpc) is 2.52. The fraction of sp³-hybridized carbons (Fsp3) is 0.647. The molecule has 0 radical (unpaired) electrons. The van der Waals surface area contributed by atoms with Crippen LogP contribution in [0.1, 0.15) is 31.2 Å². The van der Waals surface area contributed by atoms with E-state index in [4.69, 9.17) is 9.47 Å². The summed E-state index contributed by atoms with van der Waals surface area (Å²) in [4.78, 5) is 0. The number of rotatable bonds is 8. The first-order chi connectivity index (χ1) is 10.3. The van der Waals surface area contributed by atoms with Gasteiger partial charge in [0, 0.05) is 13.2 Å². The van der Waals surface area contributed by atoms with E-state index >= 15 is 0 Å². The van der Waals surface area contributed by atoms with Crippen LogP contribution in [0.25, 0.3) is 0 Å². The monoisotopic (exact) mass is 293 g/mol. The smallest absolute Gasteiger partial charge is 0.122 e. The zero-order valence-electron chi connectivity index (χ0n) is 12.9. The van der Waals surface area contributed by atoms with Gasteiger partial charge in [0.25, 0.3) is 0 Å². The van der Waals surface area contributed by atoms with Crippen molar-refractivity contribution in [3.63, 3.8) is 0 Å². The number of aliphatic hydroxyl groups excluding tert-OH is 1. The van der Waals surface area contributed by atoms with E-state index < -0.39 is 6.10 Å². The van der Waals surface area contributed by atoms with Gasteiger partial charge in [-0.25, -0.2) is 0 Å². The molecule has 0 aromatic heterocycles. The van der Waals surface area contributed by atoms with E-state index in [1.54, 1.807) is 0 Å². The molecule has 1 fully saturated rings. The van der Waals surface area contributed by atoms with Crippen molar-refractivity contribution in [3.05, 3.63) is 29.8 Å². The maximum absolute atomic E-state index is 9.92. The number of benzene rings is 1. The molecule has 2 atom stereocenters. The van der Waals surface area contributed by atoms with Crippen molar-refractivity contribution in [1.29, 1.82) is 0 Å². The van der Waals surface area contributed by atoms with Crippen LogP contribution in [0, 0.1) is 6.92 Å². The van der Waals surface area contributed by atoms with Crippen molar-refractivity contribution in [1.82, 2.24) is 5.32 Å². The first kappa shape index (κ1) is 16.3. The van der Waals surface area contributed by atoms with Crippen LogP contribution in [-0.2, 0) is 4.74 Å². The fourth-order valence-corrected chi connectivity index (χ4v) is 2.53. The van der Waals surface area contributed by atoms with Crippen molar-refractivity contribution in [3.8, 4) is 5.75 Å². The van der Waals surface area contributed by atoms with Crippen LogP contribution in [0.2, 0.25) is 0 Å². The van der Waals surface area contributed by atoms with Crippen LogP contribution in [0.15, 0.2) is 24.3 Å². The Labute approximate surface area is 127 Å². The maximum Gasteiger partial charge on any atom is 0.122 e. The summed E-state index contributed by atoms with van der Waals surface area (Å²) in [6.07, 6.45) is 4.56. The predicted molar refractivity (Wildman–Crippen MR) is 83.8 cm³/mol. The number of aliphatic hydroxyl groups is 1. The first-order valence-corrected chi connectivity index (χ1v) is 7.94. The molecule has 118 valence electrons. The zero-order valence-corrected chi connectivity index (χ0v) is 12.9. The molecule has 0 spiro atoms. The standard InChI is InChI=1S/C17H27NO3/c1-14-6-2-3-8-17(14)21-13-15(19)12-18-10-9-16-7-4-5-11-20-16/h2-3,6,8,15-16,18-19H,4-5,7,9-13H2,1H3. The highest BCUT2D eigenvalue weighted by Crippen LogP contribution is 2.16. The summed E-state index contributed by atoms with van der Waals surface area (Å²) in [5.41, 5.74) is 1.09. The Balaban J connectivity index is 1.55. The average molecular weight is 293 g/mol. The Kier molecular flexibility index (Phi) is 7.00. The number of para-hydroxylation sites is 1. The Morgan fingerprint density at radius 2 is 2.24 bits per heavy atom. The van der Waals surface area contributed by atoms with Crippen LogP contribution >= 0.6 is 0 Å². The molecule has 0 saturated carbocycles. The van der Waals surface area contributed by atoms with Gasteiger partial charge >= 0.3 is 0 Å². The van der Waals surface area contributed by atoms with Crippen molar-refractivity contribution >= 4 is 0 Å². The first-order valence-electron chi connectivity index (χ1n) is 7.94. The van der Waals surface area contributed by atoms with Crippen LogP contribution in [0.3, 0.4) is 0 Å². The third-order valence-electron chi connectivity index (χ3n) is 3.82. The Morgan fingerprint density at radius 3 is 3.00 bits per heavy atom. The lowest BCUT2D eigenvalue weighted by atomic mass is 10.1. The highest BCUT2D eigenvalue weighted by Gasteiger charge is 2.13. The van der Waals surface area contributed by atoms with Crippen LogP contribution in [0.5, 0.6) is 5.75 Å². The topological polar surface area (TPSA) is 50.7 Å². The van der Waals surface area contributed by atoms with Gasteiger partial charge in [-0.3, -0.25) is 0 Å². The molecular weight excluding hydrogens is 266 g/mol. The SMILES string of the molecule is Cc1ccccc1OCC(O)CNCCC1CCCCO1. The van der Waals surface area contributed by atoms with Crippen LogP contribution in [-0.4, -0.2) is 43.6 Å². The van der Waals surface area contributed by atoms with E-state index in [-0.39, 0.29) is 0 Å². The van der Waals surface area contributed by atoms with E-state index in [2.05, 4.69) is 5.32 Å². The van der Waals surface area contributed by atoms with E-state index in [9.17, 15) is 5.11 Å². The Morgan fingerprint density at radius 1 is 1.38 bits per heavy atom. The normalized spacial score (nSPS) is 20.2. The van der Waals surface area contributed by atoms with E-state index in [1.165, 1.54) is 19.3 Å². The molecule has 1 aliphatic heterocycles. The molecule has 4 nitrogen and oxygen atoms in total. The Bertz CT molecular complexity index is 405. The molecule has 0 aliphatic carbocycles. The quantitative estimate of drug-likeness (QED) is 0.722. The molecule has 1 aliphatic rings. The molecule has 1 aromatic carbocycles. The second kappa shape index (κ2) is 9.03. The molecule has 1 aromatic rings. The van der Waals surface area contributed by atoms with Crippen molar-refractivity contribution in [2.24, 2.45) is 0 Å². The van der Waals surface area contributed by atoms with Crippen molar-refractivity contribution < 1.29 is 14.6 Å². The van der Waals surface area contributed by atoms with Gasteiger partial charge in [-0.2, -0.15) is 0 Å². The van der Waals surface area contributed by atoms with E-state index in [0.29, 0.717) is 19.3 Å². The van der Waals surface area contributed by atoms with Crippen LogP contribution in [0.4, 0.5) is 0 Å². The summed E-state index contributed by atoms with van der Waals surface area (Å²) in [6.45, 7) is 4.66. The summed E-state index contributed by atoms with van der Waals surface area (Å²) in [7, 11) is 0. The summed E-state index contributed by atoms with van der Waals surface area (Å²) in [5.74, 6) is 0.840. The summed E-state index contributed by atoms with van der Waals surface area (Å²) < 4.78 is 11.3. The van der Waals surface area contributed by atoms with Gasteiger partial charge in [-0.15, -0.1) is 0 Å². The fourth-order valence-electron chi connectivity index (χ4n) is 2.53. The third kappa shape index (κ3) is 6.04. The van der Waals surface area contributed by atoms with Gasteiger partial charge in [0.15, 0.2) is 0 Å². The molecular formula is C17H27NO3. The summed E-state index contributed by atoms with van der Waals surface area (Å²) in [6, 6.07) is 7.85. The van der Waals surface area contributed by atoms with Gasteiger partial charge in [-0.1, -0.05) is 18.2 Å². The number of hydrogen-bond donors (Lipinski definition) is 2. The molecule has 1 saturated heterocycles.